The zero-order valence-electron chi connectivity index (χ0n) is 15.3. The Morgan fingerprint density at radius 1 is 1.15 bits per heavy atom. The smallest absolute Gasteiger partial charge is 0.273 e. The molecule has 0 spiro atoms. The van der Waals surface area contributed by atoms with E-state index < -0.39 is 0 Å². The Balaban J connectivity index is 1.65. The number of nitrogens with zero attached hydrogens (tertiary/aromatic N) is 3. The first-order chi connectivity index (χ1) is 12.6. The lowest BCUT2D eigenvalue weighted by Crippen LogP contribution is -2.26. The number of hydrogen-bond donors (Lipinski definition) is 2. The van der Waals surface area contributed by atoms with Crippen LogP contribution in [0.4, 0.5) is 0 Å². The van der Waals surface area contributed by atoms with E-state index in [2.05, 4.69) is 27.9 Å². The molecule has 0 radical (unpaired) electrons. The molecule has 2 aromatic rings. The van der Waals surface area contributed by atoms with Crippen LogP contribution >= 0.6 is 0 Å². The van der Waals surface area contributed by atoms with Crippen LogP contribution in [0.15, 0.2) is 24.3 Å². The molecule has 2 N–H and O–H groups in total. The van der Waals surface area contributed by atoms with Crippen LogP contribution in [0.3, 0.4) is 0 Å². The number of carbonyl (C=O) groups excluding carboxylic acids is 2. The molecule has 7 nitrogen and oxygen atoms in total. The third kappa shape index (κ3) is 4.28. The average molecular weight is 355 g/mol. The largest absolute Gasteiger partial charge is 0.352 e. The maximum Gasteiger partial charge on any atom is 0.273 e. The molecular formula is C19H25N5O2. The monoisotopic (exact) mass is 355 g/mol. The predicted molar refractivity (Wildman–Crippen MR) is 98.4 cm³/mol. The molecule has 0 unspecified atom stereocenters. The van der Waals surface area contributed by atoms with E-state index in [1.807, 2.05) is 19.1 Å². The number of carbonyl (C=O) groups is 2. The highest BCUT2D eigenvalue weighted by Crippen LogP contribution is 2.20. The minimum atomic E-state index is -0.181. The van der Waals surface area contributed by atoms with E-state index in [9.17, 15) is 9.59 Å². The van der Waals surface area contributed by atoms with Crippen molar-refractivity contribution < 1.29 is 9.59 Å². The lowest BCUT2D eigenvalue weighted by atomic mass is 10.2. The summed E-state index contributed by atoms with van der Waals surface area (Å²) in [5, 5.41) is 13.9. The number of rotatable bonds is 8. The van der Waals surface area contributed by atoms with Crippen LogP contribution in [0, 0.1) is 6.92 Å². The quantitative estimate of drug-likeness (QED) is 0.712. The molecule has 1 heterocycles. The Bertz CT molecular complexity index is 778. The van der Waals surface area contributed by atoms with Gasteiger partial charge < -0.3 is 10.6 Å². The minimum Gasteiger partial charge on any atom is -0.352 e. The van der Waals surface area contributed by atoms with Crippen LogP contribution < -0.4 is 10.6 Å². The highest BCUT2D eigenvalue weighted by atomic mass is 16.2. The fourth-order valence-electron chi connectivity index (χ4n) is 2.70. The summed E-state index contributed by atoms with van der Waals surface area (Å²) in [5.41, 5.74) is 2.40. The van der Waals surface area contributed by atoms with E-state index in [1.54, 1.807) is 16.8 Å². The lowest BCUT2D eigenvalue weighted by molar-refractivity contribution is 0.0940. The van der Waals surface area contributed by atoms with E-state index in [0.717, 1.165) is 37.8 Å². The van der Waals surface area contributed by atoms with Gasteiger partial charge in [0.15, 0.2) is 5.69 Å². The second-order valence-electron chi connectivity index (χ2n) is 6.69. The van der Waals surface area contributed by atoms with Gasteiger partial charge in [0.05, 0.1) is 11.4 Å². The Hall–Kier alpha value is -2.70. The number of hydrogen-bond acceptors (Lipinski definition) is 4. The summed E-state index contributed by atoms with van der Waals surface area (Å²) < 4.78 is 1.62. The van der Waals surface area contributed by atoms with Gasteiger partial charge in [-0.15, -0.1) is 5.10 Å². The van der Waals surface area contributed by atoms with Crippen LogP contribution in [-0.2, 0) is 0 Å². The topological polar surface area (TPSA) is 88.9 Å². The first kappa shape index (κ1) is 18.1. The van der Waals surface area contributed by atoms with Crippen molar-refractivity contribution in [2.75, 3.05) is 6.54 Å². The van der Waals surface area contributed by atoms with Gasteiger partial charge >= 0.3 is 0 Å². The molecule has 0 bridgehead atoms. The van der Waals surface area contributed by atoms with Crippen molar-refractivity contribution >= 4 is 11.8 Å². The third-order valence-corrected chi connectivity index (χ3v) is 4.46. The summed E-state index contributed by atoms with van der Waals surface area (Å²) in [6.45, 7) is 4.64. The second-order valence-corrected chi connectivity index (χ2v) is 6.69. The van der Waals surface area contributed by atoms with E-state index in [4.69, 9.17) is 0 Å². The highest BCUT2D eigenvalue weighted by molar-refractivity contribution is 5.94. The van der Waals surface area contributed by atoms with Gasteiger partial charge in [-0.3, -0.25) is 9.59 Å². The highest BCUT2D eigenvalue weighted by Gasteiger charge is 2.26. The van der Waals surface area contributed by atoms with Crippen LogP contribution in [0.2, 0.25) is 0 Å². The minimum absolute atomic E-state index is 0.0764. The van der Waals surface area contributed by atoms with Gasteiger partial charge in [0, 0.05) is 18.2 Å². The van der Waals surface area contributed by atoms with Gasteiger partial charge in [-0.2, -0.15) is 0 Å². The SMILES string of the molecule is CCCCCNC(=O)c1ccc(-n2nnc(C(=O)NC3CC3)c2C)cc1. The van der Waals surface area contributed by atoms with Gasteiger partial charge in [-0.05, 0) is 50.5 Å². The van der Waals surface area contributed by atoms with E-state index in [0.29, 0.717) is 23.5 Å². The Labute approximate surface area is 153 Å². The van der Waals surface area contributed by atoms with Gasteiger partial charge in [-0.25, -0.2) is 4.68 Å². The van der Waals surface area contributed by atoms with Crippen molar-refractivity contribution in [1.29, 1.82) is 0 Å². The normalized spacial score (nSPS) is 13.5. The summed E-state index contributed by atoms with van der Waals surface area (Å²) in [5.74, 6) is -0.258. The molecule has 1 fully saturated rings. The van der Waals surface area contributed by atoms with E-state index >= 15 is 0 Å². The molecule has 1 aliphatic rings. The van der Waals surface area contributed by atoms with Crippen molar-refractivity contribution in [3.8, 4) is 5.69 Å². The number of amides is 2. The van der Waals surface area contributed by atoms with Gasteiger partial charge in [0.1, 0.15) is 0 Å². The van der Waals surface area contributed by atoms with Crippen molar-refractivity contribution in [2.45, 2.75) is 52.0 Å². The molecule has 0 saturated heterocycles. The molecule has 2 amide bonds. The summed E-state index contributed by atoms with van der Waals surface area (Å²) in [6, 6.07) is 7.42. The van der Waals surface area contributed by atoms with Crippen LogP contribution in [-0.4, -0.2) is 39.4 Å². The maximum absolute atomic E-state index is 12.2. The van der Waals surface area contributed by atoms with Crippen molar-refractivity contribution in [2.24, 2.45) is 0 Å². The lowest BCUT2D eigenvalue weighted by Gasteiger charge is -2.07. The molecule has 0 aliphatic heterocycles. The molecule has 1 saturated carbocycles. The van der Waals surface area contributed by atoms with Gasteiger partial charge in [-0.1, -0.05) is 25.0 Å². The average Bonchev–Trinajstić information content (AvgIpc) is 3.38. The predicted octanol–water partition coefficient (Wildman–Crippen LogP) is 2.39. The summed E-state index contributed by atoms with van der Waals surface area (Å²) in [7, 11) is 0. The maximum atomic E-state index is 12.2. The summed E-state index contributed by atoms with van der Waals surface area (Å²) in [6.07, 6.45) is 5.29. The molecule has 138 valence electrons. The van der Waals surface area contributed by atoms with Gasteiger partial charge in [0.25, 0.3) is 11.8 Å². The van der Waals surface area contributed by atoms with Gasteiger partial charge in [0.2, 0.25) is 0 Å². The molecule has 0 atom stereocenters. The number of aromatic nitrogens is 3. The Morgan fingerprint density at radius 3 is 2.54 bits per heavy atom. The molecular weight excluding hydrogens is 330 g/mol. The van der Waals surface area contributed by atoms with Crippen LogP contribution in [0.25, 0.3) is 5.69 Å². The third-order valence-electron chi connectivity index (χ3n) is 4.46. The molecule has 3 rings (SSSR count). The standard InChI is InChI=1S/C19H25N5O2/c1-3-4-5-12-20-18(25)14-6-10-16(11-7-14)24-13(2)17(22-23-24)19(26)21-15-8-9-15/h6-7,10-11,15H,3-5,8-9,12H2,1-2H3,(H,20,25)(H,21,26). The van der Waals surface area contributed by atoms with E-state index in [-0.39, 0.29) is 17.9 Å². The van der Waals surface area contributed by atoms with Crippen LogP contribution in [0.5, 0.6) is 0 Å². The molecule has 1 aromatic heterocycles. The zero-order valence-corrected chi connectivity index (χ0v) is 15.3. The summed E-state index contributed by atoms with van der Waals surface area (Å²) >= 11 is 0. The molecule has 7 heteroatoms. The number of benzene rings is 1. The molecule has 1 aliphatic carbocycles. The molecule has 1 aromatic carbocycles. The zero-order chi connectivity index (χ0) is 18.5. The van der Waals surface area contributed by atoms with E-state index in [1.165, 1.54) is 0 Å². The first-order valence-corrected chi connectivity index (χ1v) is 9.22. The second kappa shape index (κ2) is 8.12. The molecule has 26 heavy (non-hydrogen) atoms. The Kier molecular flexibility index (Phi) is 5.65. The Morgan fingerprint density at radius 2 is 1.88 bits per heavy atom. The first-order valence-electron chi connectivity index (χ1n) is 9.22. The fourth-order valence-corrected chi connectivity index (χ4v) is 2.70. The van der Waals surface area contributed by atoms with Crippen molar-refractivity contribution in [3.63, 3.8) is 0 Å². The van der Waals surface area contributed by atoms with Crippen molar-refractivity contribution in [3.05, 3.63) is 41.2 Å². The number of unbranched alkanes of at least 4 members (excludes halogenated alkanes) is 2. The fraction of sp³-hybridized carbons (Fsp3) is 0.474. The number of nitrogens with one attached hydrogen (secondary N) is 2. The van der Waals surface area contributed by atoms with Crippen molar-refractivity contribution in [1.82, 2.24) is 25.6 Å². The van der Waals surface area contributed by atoms with Crippen LogP contribution in [0.1, 0.15) is 65.6 Å². The summed E-state index contributed by atoms with van der Waals surface area (Å²) in [4.78, 5) is 24.3.